The van der Waals surface area contributed by atoms with Gasteiger partial charge in [0.15, 0.2) is 10.8 Å². The van der Waals surface area contributed by atoms with Gasteiger partial charge in [0.05, 0.1) is 18.9 Å². The number of thiazole rings is 1. The summed E-state index contributed by atoms with van der Waals surface area (Å²) in [6, 6.07) is 0. The topological polar surface area (TPSA) is 186 Å². The minimum Gasteiger partial charge on any atom is -0.544 e. The van der Waals surface area contributed by atoms with E-state index in [1.165, 1.54) is 12.5 Å². The van der Waals surface area contributed by atoms with E-state index in [0.717, 1.165) is 11.3 Å². The molecule has 156 valence electrons. The van der Waals surface area contributed by atoms with Crippen molar-refractivity contribution in [1.29, 1.82) is 0 Å². The minimum absolute atomic E-state index is 0. The molecule has 1 aromatic heterocycles. The number of oxime groups is 1. The van der Waals surface area contributed by atoms with E-state index < -0.39 is 35.4 Å². The number of nitrogen functional groups attached to an aromatic ring is 1. The summed E-state index contributed by atoms with van der Waals surface area (Å²) in [5.74, 6) is -4.93. The van der Waals surface area contributed by atoms with Gasteiger partial charge in [-0.15, -0.1) is 11.3 Å². The second-order valence-electron chi connectivity index (χ2n) is 6.07. The number of ether oxygens (including phenoxy) is 1. The SMILES string of the molecule is CO/N=C(\C(=O)NCC1CON(C2(C(=O)[O-])CCC(=O)O2)C1=O)c1csc(N)n1.[Na+]. The van der Waals surface area contributed by atoms with E-state index in [1.807, 2.05) is 0 Å². The number of cyclic esters (lactones) is 1. The zero-order valence-corrected chi connectivity index (χ0v) is 18.9. The number of nitrogens with zero attached hydrogens (tertiary/aromatic N) is 3. The predicted octanol–water partition coefficient (Wildman–Crippen LogP) is -5.63. The van der Waals surface area contributed by atoms with Crippen molar-refractivity contribution in [1.82, 2.24) is 15.4 Å². The van der Waals surface area contributed by atoms with E-state index in [0.29, 0.717) is 5.06 Å². The quantitative estimate of drug-likeness (QED) is 0.176. The van der Waals surface area contributed by atoms with Gasteiger partial charge in [-0.2, -0.15) is 5.06 Å². The van der Waals surface area contributed by atoms with Crippen molar-refractivity contribution in [3.63, 3.8) is 0 Å². The van der Waals surface area contributed by atoms with Crippen molar-refractivity contribution in [2.75, 3.05) is 26.0 Å². The number of hydrogen-bond acceptors (Lipinski definition) is 12. The molecule has 3 heterocycles. The van der Waals surface area contributed by atoms with E-state index in [2.05, 4.69) is 20.3 Å². The zero-order valence-electron chi connectivity index (χ0n) is 16.1. The Labute approximate surface area is 195 Å². The van der Waals surface area contributed by atoms with Crippen LogP contribution in [0.1, 0.15) is 18.5 Å². The van der Waals surface area contributed by atoms with E-state index in [4.69, 9.17) is 15.3 Å². The van der Waals surface area contributed by atoms with Crippen LogP contribution in [-0.4, -0.2) is 65.5 Å². The Morgan fingerprint density at radius 3 is 2.80 bits per heavy atom. The molecule has 3 rings (SSSR count). The smallest absolute Gasteiger partial charge is 0.544 e. The maximum absolute atomic E-state index is 12.6. The van der Waals surface area contributed by atoms with Gasteiger partial charge < -0.3 is 30.5 Å². The molecule has 13 nitrogen and oxygen atoms in total. The first-order valence-corrected chi connectivity index (χ1v) is 9.17. The molecule has 2 saturated heterocycles. The fourth-order valence-electron chi connectivity index (χ4n) is 2.82. The number of carboxylic acids is 1. The number of amides is 2. The van der Waals surface area contributed by atoms with Crippen molar-refractivity contribution in [2.45, 2.75) is 18.6 Å². The molecule has 0 bridgehead atoms. The molecule has 2 aliphatic heterocycles. The van der Waals surface area contributed by atoms with Gasteiger partial charge in [-0.1, -0.05) is 5.16 Å². The third kappa shape index (κ3) is 4.57. The number of carbonyl (C=O) groups is 4. The van der Waals surface area contributed by atoms with Crippen molar-refractivity contribution in [3.05, 3.63) is 11.1 Å². The summed E-state index contributed by atoms with van der Waals surface area (Å²) < 4.78 is 4.81. The first-order chi connectivity index (χ1) is 13.8. The number of esters is 1. The molecule has 2 atom stereocenters. The molecule has 30 heavy (non-hydrogen) atoms. The number of nitrogens with two attached hydrogens (primary N) is 1. The minimum atomic E-state index is -2.31. The molecule has 0 aromatic carbocycles. The number of carbonyl (C=O) groups excluding carboxylic acids is 4. The summed E-state index contributed by atoms with van der Waals surface area (Å²) in [6.45, 7) is -0.431. The predicted molar refractivity (Wildman–Crippen MR) is 92.4 cm³/mol. The number of nitrogens with one attached hydrogen (secondary N) is 1. The largest absolute Gasteiger partial charge is 1.00 e. The van der Waals surface area contributed by atoms with E-state index in [1.54, 1.807) is 0 Å². The van der Waals surface area contributed by atoms with Gasteiger partial charge in [0.25, 0.3) is 17.5 Å². The van der Waals surface area contributed by atoms with Crippen molar-refractivity contribution in [3.8, 4) is 0 Å². The first kappa shape index (κ1) is 24.0. The second-order valence-corrected chi connectivity index (χ2v) is 6.96. The molecule has 15 heteroatoms. The molecule has 0 saturated carbocycles. The molecular formula is C15H16N5NaO8S. The van der Waals surface area contributed by atoms with Gasteiger partial charge in [-0.3, -0.25) is 19.2 Å². The molecule has 2 amide bonds. The van der Waals surface area contributed by atoms with Crippen LogP contribution in [-0.2, 0) is 33.6 Å². The average Bonchev–Trinajstić information content (AvgIpc) is 3.37. The Kier molecular flexibility index (Phi) is 7.76. The number of carboxylic acid groups (broad SMARTS) is 1. The maximum atomic E-state index is 12.6. The van der Waals surface area contributed by atoms with Crippen LogP contribution in [0.25, 0.3) is 0 Å². The number of rotatable bonds is 7. The molecule has 2 unspecified atom stereocenters. The summed E-state index contributed by atoms with van der Waals surface area (Å²) in [5, 5.41) is 19.9. The fraction of sp³-hybridized carbons (Fsp3) is 0.467. The summed E-state index contributed by atoms with van der Waals surface area (Å²) in [5.41, 5.74) is 3.28. The number of aromatic nitrogens is 1. The van der Waals surface area contributed by atoms with Crippen LogP contribution in [0.5, 0.6) is 0 Å². The van der Waals surface area contributed by atoms with Gasteiger partial charge in [-0.25, -0.2) is 4.98 Å². The van der Waals surface area contributed by atoms with Crippen LogP contribution in [0.2, 0.25) is 0 Å². The Morgan fingerprint density at radius 1 is 1.53 bits per heavy atom. The van der Waals surface area contributed by atoms with Crippen molar-refractivity contribution < 1.29 is 68.3 Å². The second kappa shape index (κ2) is 9.70. The Hall–Kier alpha value is -2.26. The van der Waals surface area contributed by atoms with E-state index >= 15 is 0 Å². The molecule has 0 spiro atoms. The Balaban J connectivity index is 0.00000320. The summed E-state index contributed by atoms with van der Waals surface area (Å²) >= 11 is 1.10. The zero-order chi connectivity index (χ0) is 21.2. The van der Waals surface area contributed by atoms with Crippen molar-refractivity contribution in [2.24, 2.45) is 11.1 Å². The van der Waals surface area contributed by atoms with Crippen LogP contribution >= 0.6 is 11.3 Å². The first-order valence-electron chi connectivity index (χ1n) is 8.29. The van der Waals surface area contributed by atoms with Crippen molar-refractivity contribution >= 4 is 45.9 Å². The van der Waals surface area contributed by atoms with E-state index in [-0.39, 0.29) is 72.1 Å². The standard InChI is InChI=1S/C15H17N5O8S.Na/c1-26-19-10(8-6-29-14(16)18-8)11(22)17-4-7-5-27-20(12(7)23)15(13(24)25)3-2-9(21)28-15;/h6-7H,2-5H2,1H3,(H2,16,18)(H,17,22)(H,24,25);/q;+1/p-1/b19-10-;. The maximum Gasteiger partial charge on any atom is 1.00 e. The van der Waals surface area contributed by atoms with E-state index in [9.17, 15) is 24.3 Å². The molecule has 0 aliphatic carbocycles. The number of hydroxylamine groups is 2. The van der Waals surface area contributed by atoms with Gasteiger partial charge in [0.1, 0.15) is 18.8 Å². The Bertz CT molecular complexity index is 892. The third-order valence-electron chi connectivity index (χ3n) is 4.22. The normalized spacial score (nSPS) is 23.7. The number of hydrogen-bond donors (Lipinski definition) is 2. The Morgan fingerprint density at radius 2 is 2.27 bits per heavy atom. The number of anilines is 1. The third-order valence-corrected chi connectivity index (χ3v) is 4.90. The average molecular weight is 449 g/mol. The monoisotopic (exact) mass is 449 g/mol. The van der Waals surface area contributed by atoms with Crippen LogP contribution in [0.4, 0.5) is 5.13 Å². The van der Waals surface area contributed by atoms with Crippen LogP contribution < -0.4 is 45.7 Å². The summed E-state index contributed by atoms with van der Waals surface area (Å²) in [7, 11) is 1.25. The molecule has 3 N–H and O–H groups in total. The van der Waals surface area contributed by atoms with Gasteiger partial charge in [0, 0.05) is 18.3 Å². The molecule has 2 fully saturated rings. The van der Waals surface area contributed by atoms with Gasteiger partial charge in [-0.05, 0) is 0 Å². The molecule has 2 aliphatic rings. The van der Waals surface area contributed by atoms with Crippen LogP contribution in [0, 0.1) is 5.92 Å². The molecular weight excluding hydrogens is 433 g/mol. The molecule has 0 radical (unpaired) electrons. The van der Waals surface area contributed by atoms with Crippen LogP contribution in [0.3, 0.4) is 0 Å². The fourth-order valence-corrected chi connectivity index (χ4v) is 3.36. The summed E-state index contributed by atoms with van der Waals surface area (Å²) in [6.07, 6.45) is -0.495. The molecule has 1 aromatic rings. The summed E-state index contributed by atoms with van der Waals surface area (Å²) in [4.78, 5) is 61.7. The van der Waals surface area contributed by atoms with Crippen LogP contribution in [0.15, 0.2) is 10.5 Å². The van der Waals surface area contributed by atoms with Gasteiger partial charge >= 0.3 is 35.5 Å². The van der Waals surface area contributed by atoms with Gasteiger partial charge in [0.2, 0.25) is 0 Å². The number of aliphatic carboxylic acids is 1.